The summed E-state index contributed by atoms with van der Waals surface area (Å²) in [6, 6.07) is 4.08. The van der Waals surface area contributed by atoms with Crippen LogP contribution < -0.4 is 4.90 Å². The van der Waals surface area contributed by atoms with Crippen molar-refractivity contribution < 1.29 is 4.79 Å². The van der Waals surface area contributed by atoms with Gasteiger partial charge in [-0.1, -0.05) is 6.07 Å². The van der Waals surface area contributed by atoms with E-state index in [1.54, 1.807) is 17.1 Å². The lowest BCUT2D eigenvalue weighted by molar-refractivity contribution is -0.128. The maximum Gasteiger partial charge on any atom is 0.234 e. The van der Waals surface area contributed by atoms with Crippen LogP contribution in [-0.2, 0) is 18.4 Å². The molecule has 6 nitrogen and oxygen atoms in total. The molecule has 0 bridgehead atoms. The molecule has 6 heteroatoms. The van der Waals surface area contributed by atoms with Gasteiger partial charge in [-0.15, -0.1) is 0 Å². The van der Waals surface area contributed by atoms with Crippen LogP contribution >= 0.6 is 0 Å². The van der Waals surface area contributed by atoms with E-state index in [9.17, 15) is 4.79 Å². The molecule has 2 aromatic rings. The number of piperidine rings is 1. The van der Waals surface area contributed by atoms with Gasteiger partial charge in [0.2, 0.25) is 5.91 Å². The van der Waals surface area contributed by atoms with E-state index >= 15 is 0 Å². The molecule has 2 fully saturated rings. The molecule has 1 amide bonds. The van der Waals surface area contributed by atoms with Crippen molar-refractivity contribution in [3.05, 3.63) is 42.5 Å². The lowest BCUT2D eigenvalue weighted by Crippen LogP contribution is -2.47. The summed E-state index contributed by atoms with van der Waals surface area (Å²) in [5, 5.41) is 4.21. The highest BCUT2D eigenvalue weighted by molar-refractivity contribution is 6.00. The quantitative estimate of drug-likeness (QED) is 0.864. The maximum absolute atomic E-state index is 13.1. The Bertz CT molecular complexity index is 728. The van der Waals surface area contributed by atoms with E-state index < -0.39 is 0 Å². The molecule has 0 aromatic carbocycles. The van der Waals surface area contributed by atoms with Gasteiger partial charge in [0, 0.05) is 45.3 Å². The number of carbonyl (C=O) groups excluding carboxylic acids is 1. The van der Waals surface area contributed by atoms with Gasteiger partial charge >= 0.3 is 0 Å². The van der Waals surface area contributed by atoms with E-state index in [1.165, 1.54) is 5.56 Å². The largest absolute Gasteiger partial charge is 0.309 e. The molecule has 0 unspecified atom stereocenters. The molecular formula is C18H23N5O. The molecule has 2 aromatic heterocycles. The predicted molar refractivity (Wildman–Crippen MR) is 91.4 cm³/mol. The highest BCUT2D eigenvalue weighted by Gasteiger charge is 2.49. The average molecular weight is 325 g/mol. The molecule has 126 valence electrons. The van der Waals surface area contributed by atoms with E-state index in [0.29, 0.717) is 0 Å². The summed E-state index contributed by atoms with van der Waals surface area (Å²) in [6.07, 6.45) is 10.4. The number of hydrogen-bond donors (Lipinski definition) is 0. The molecule has 0 aliphatic carbocycles. The SMILES string of the molecule is Cn1cc(N2CC[C@@]3(CCCN(Cc4cccnc4)C3)C2=O)cn1. The van der Waals surface area contributed by atoms with Gasteiger partial charge in [-0.2, -0.15) is 5.10 Å². The van der Waals surface area contributed by atoms with Gasteiger partial charge in [0.25, 0.3) is 0 Å². The Labute approximate surface area is 142 Å². The van der Waals surface area contributed by atoms with E-state index in [1.807, 2.05) is 30.4 Å². The predicted octanol–water partition coefficient (Wildman–Crippen LogP) is 1.83. The zero-order valence-electron chi connectivity index (χ0n) is 14.1. The van der Waals surface area contributed by atoms with E-state index in [2.05, 4.69) is 21.0 Å². The topological polar surface area (TPSA) is 54.3 Å². The number of aryl methyl sites for hydroxylation is 1. The van der Waals surface area contributed by atoms with Crippen LogP contribution in [0.25, 0.3) is 0 Å². The molecule has 1 atom stereocenters. The molecule has 2 saturated heterocycles. The Hall–Kier alpha value is -2.21. The zero-order valence-corrected chi connectivity index (χ0v) is 14.1. The summed E-state index contributed by atoms with van der Waals surface area (Å²) < 4.78 is 1.75. The van der Waals surface area contributed by atoms with Crippen LogP contribution in [0.3, 0.4) is 0 Å². The lowest BCUT2D eigenvalue weighted by Gasteiger charge is -2.39. The first-order valence-corrected chi connectivity index (χ1v) is 8.58. The molecule has 2 aliphatic rings. The van der Waals surface area contributed by atoms with Gasteiger partial charge < -0.3 is 4.90 Å². The fraction of sp³-hybridized carbons (Fsp3) is 0.500. The van der Waals surface area contributed by atoms with Gasteiger partial charge in [-0.05, 0) is 37.4 Å². The molecule has 4 rings (SSSR count). The number of nitrogens with zero attached hydrogens (tertiary/aromatic N) is 5. The van der Waals surface area contributed by atoms with Gasteiger partial charge in [0.1, 0.15) is 0 Å². The monoisotopic (exact) mass is 325 g/mol. The first-order valence-electron chi connectivity index (χ1n) is 8.58. The number of pyridine rings is 1. The summed E-state index contributed by atoms with van der Waals surface area (Å²) >= 11 is 0. The summed E-state index contributed by atoms with van der Waals surface area (Å²) in [5.41, 5.74) is 1.91. The Balaban J connectivity index is 1.49. The van der Waals surface area contributed by atoms with Crippen molar-refractivity contribution in [3.8, 4) is 0 Å². The third-order valence-electron chi connectivity index (χ3n) is 5.30. The minimum Gasteiger partial charge on any atom is -0.309 e. The second-order valence-electron chi connectivity index (χ2n) is 7.03. The Morgan fingerprint density at radius 1 is 1.25 bits per heavy atom. The average Bonchev–Trinajstić information content (AvgIpc) is 3.14. The van der Waals surface area contributed by atoms with Crippen molar-refractivity contribution in [2.75, 3.05) is 24.5 Å². The molecule has 0 N–H and O–H groups in total. The van der Waals surface area contributed by atoms with Crippen LogP contribution in [0.1, 0.15) is 24.8 Å². The molecular weight excluding hydrogens is 302 g/mol. The van der Waals surface area contributed by atoms with E-state index in [-0.39, 0.29) is 11.3 Å². The van der Waals surface area contributed by atoms with Crippen LogP contribution in [0.5, 0.6) is 0 Å². The maximum atomic E-state index is 13.1. The van der Waals surface area contributed by atoms with Crippen molar-refractivity contribution in [3.63, 3.8) is 0 Å². The van der Waals surface area contributed by atoms with Crippen LogP contribution in [0.2, 0.25) is 0 Å². The molecule has 1 spiro atoms. The molecule has 24 heavy (non-hydrogen) atoms. The van der Waals surface area contributed by atoms with E-state index in [4.69, 9.17) is 0 Å². The number of aromatic nitrogens is 3. The van der Waals surface area contributed by atoms with Gasteiger partial charge in [0.15, 0.2) is 0 Å². The summed E-state index contributed by atoms with van der Waals surface area (Å²) in [5.74, 6) is 0.270. The number of amides is 1. The minimum atomic E-state index is -0.226. The van der Waals surface area contributed by atoms with Crippen LogP contribution in [0.15, 0.2) is 36.9 Å². The van der Waals surface area contributed by atoms with E-state index in [0.717, 1.165) is 51.1 Å². The Kier molecular flexibility index (Phi) is 3.84. The summed E-state index contributed by atoms with van der Waals surface area (Å²) in [7, 11) is 1.88. The van der Waals surface area contributed by atoms with Crippen molar-refractivity contribution in [1.82, 2.24) is 19.7 Å². The first-order chi connectivity index (χ1) is 11.7. The van der Waals surface area contributed by atoms with Crippen LogP contribution in [0.4, 0.5) is 5.69 Å². The zero-order chi connectivity index (χ0) is 16.6. The number of anilines is 1. The first kappa shape index (κ1) is 15.3. The van der Waals surface area contributed by atoms with Crippen molar-refractivity contribution in [2.45, 2.75) is 25.8 Å². The second kappa shape index (κ2) is 6.02. The Morgan fingerprint density at radius 2 is 2.17 bits per heavy atom. The number of carbonyl (C=O) groups is 1. The van der Waals surface area contributed by atoms with Crippen LogP contribution in [0, 0.1) is 5.41 Å². The lowest BCUT2D eigenvalue weighted by atomic mass is 9.78. The highest BCUT2D eigenvalue weighted by atomic mass is 16.2. The van der Waals surface area contributed by atoms with Crippen molar-refractivity contribution in [1.29, 1.82) is 0 Å². The van der Waals surface area contributed by atoms with Crippen molar-refractivity contribution >= 4 is 11.6 Å². The molecule has 0 radical (unpaired) electrons. The minimum absolute atomic E-state index is 0.226. The smallest absolute Gasteiger partial charge is 0.234 e. The van der Waals surface area contributed by atoms with Gasteiger partial charge in [-0.3, -0.25) is 19.4 Å². The fourth-order valence-electron chi connectivity index (χ4n) is 4.11. The second-order valence-corrected chi connectivity index (χ2v) is 7.03. The van der Waals surface area contributed by atoms with Gasteiger partial charge in [0.05, 0.1) is 17.3 Å². The number of likely N-dealkylation sites (tertiary alicyclic amines) is 1. The molecule has 2 aliphatic heterocycles. The van der Waals surface area contributed by atoms with Gasteiger partial charge in [-0.25, -0.2) is 0 Å². The molecule has 4 heterocycles. The van der Waals surface area contributed by atoms with Crippen molar-refractivity contribution in [2.24, 2.45) is 12.5 Å². The number of rotatable bonds is 3. The van der Waals surface area contributed by atoms with Crippen LogP contribution in [-0.4, -0.2) is 45.2 Å². The Morgan fingerprint density at radius 3 is 2.92 bits per heavy atom. The third kappa shape index (κ3) is 2.71. The highest BCUT2D eigenvalue weighted by Crippen LogP contribution is 2.42. The fourth-order valence-corrected chi connectivity index (χ4v) is 4.11. The molecule has 0 saturated carbocycles. The normalized spacial score (nSPS) is 24.9. The number of hydrogen-bond acceptors (Lipinski definition) is 4. The summed E-state index contributed by atoms with van der Waals surface area (Å²) in [6.45, 7) is 3.56. The standard InChI is InChI=1S/C18H23N5O/c1-21-13-16(11-20-21)23-9-6-18(17(23)24)5-3-8-22(14-18)12-15-4-2-7-19-10-15/h2,4,7,10-11,13H,3,5-6,8-9,12,14H2,1H3/t18-/m1/s1. The third-order valence-corrected chi connectivity index (χ3v) is 5.30. The summed E-state index contributed by atoms with van der Waals surface area (Å²) in [4.78, 5) is 21.7.